The van der Waals surface area contributed by atoms with Gasteiger partial charge < -0.3 is 9.47 Å². The van der Waals surface area contributed by atoms with E-state index in [1.165, 1.54) is 14.2 Å². The van der Waals surface area contributed by atoms with Crippen molar-refractivity contribution in [2.45, 2.75) is 25.8 Å². The predicted octanol–water partition coefficient (Wildman–Crippen LogP) is 1.33. The van der Waals surface area contributed by atoms with Gasteiger partial charge in [0.25, 0.3) is 0 Å². The zero-order valence-corrected chi connectivity index (χ0v) is 15.3. The van der Waals surface area contributed by atoms with Crippen LogP contribution in [-0.2, 0) is 35.6 Å². The van der Waals surface area contributed by atoms with Crippen LogP contribution in [0.4, 0.5) is 0 Å². The Bertz CT molecular complexity index is 712. The molecule has 0 bridgehead atoms. The molecule has 8 heteroatoms. The molecule has 0 aromatic heterocycles. The topological polar surface area (TPSA) is 90.0 Å². The molecule has 25 heavy (non-hydrogen) atoms. The molecule has 1 aliphatic carbocycles. The highest BCUT2D eigenvalue weighted by atomic mass is 32.2. The van der Waals surface area contributed by atoms with E-state index in [1.807, 2.05) is 6.07 Å². The minimum absolute atomic E-state index is 0.0696. The first kappa shape index (κ1) is 19.4. The number of sulfonamides is 1. The Hall–Kier alpha value is -1.93. The van der Waals surface area contributed by atoms with E-state index < -0.39 is 27.4 Å². The van der Waals surface area contributed by atoms with Gasteiger partial charge in [0.05, 0.1) is 26.4 Å². The lowest BCUT2D eigenvalue weighted by atomic mass is 10.1. The summed E-state index contributed by atoms with van der Waals surface area (Å²) in [6.45, 7) is -0.283. The van der Waals surface area contributed by atoms with Crippen LogP contribution in [0.5, 0.6) is 0 Å². The molecule has 7 nitrogen and oxygen atoms in total. The molecule has 2 rings (SSSR count). The molecule has 1 fully saturated rings. The quantitative estimate of drug-likeness (QED) is 0.610. The van der Waals surface area contributed by atoms with E-state index in [0.29, 0.717) is 12.8 Å². The smallest absolute Gasteiger partial charge is 0.321 e. The zero-order chi connectivity index (χ0) is 18.5. The predicted molar refractivity (Wildman–Crippen MR) is 91.0 cm³/mol. The number of methoxy groups -OCH3 is 2. The van der Waals surface area contributed by atoms with E-state index in [9.17, 15) is 18.0 Å². The largest absolute Gasteiger partial charge is 0.469 e. The highest BCUT2D eigenvalue weighted by Gasteiger charge is 2.49. The average molecular weight is 369 g/mol. The summed E-state index contributed by atoms with van der Waals surface area (Å²) in [6.07, 6.45) is 1.37. The number of rotatable bonds is 9. The number of ether oxygens (including phenoxy) is 2. The second-order valence-corrected chi connectivity index (χ2v) is 8.31. The summed E-state index contributed by atoms with van der Waals surface area (Å²) < 4.78 is 36.2. The van der Waals surface area contributed by atoms with Gasteiger partial charge >= 0.3 is 11.9 Å². The normalized spacial score (nSPS) is 15.6. The molecule has 0 amide bonds. The van der Waals surface area contributed by atoms with Crippen LogP contribution in [0.1, 0.15) is 24.8 Å². The summed E-state index contributed by atoms with van der Waals surface area (Å²) >= 11 is 0. The minimum atomic E-state index is -3.75. The van der Waals surface area contributed by atoms with Crippen molar-refractivity contribution >= 4 is 22.0 Å². The first-order chi connectivity index (χ1) is 11.8. The van der Waals surface area contributed by atoms with E-state index in [-0.39, 0.29) is 25.3 Å². The van der Waals surface area contributed by atoms with Crippen LogP contribution in [0.25, 0.3) is 0 Å². The SMILES string of the molecule is COC(=O)CN(Cc1ccccc1)S(=O)(=O)CC1(CC(=O)OC)CC1. The van der Waals surface area contributed by atoms with Crippen molar-refractivity contribution in [1.29, 1.82) is 0 Å². The van der Waals surface area contributed by atoms with E-state index in [2.05, 4.69) is 9.47 Å². The number of hydrogen-bond acceptors (Lipinski definition) is 6. The summed E-state index contributed by atoms with van der Waals surface area (Å²) in [5.74, 6) is -1.23. The second-order valence-electron chi connectivity index (χ2n) is 6.34. The highest BCUT2D eigenvalue weighted by molar-refractivity contribution is 7.89. The van der Waals surface area contributed by atoms with Gasteiger partial charge in [0.15, 0.2) is 0 Å². The van der Waals surface area contributed by atoms with Crippen molar-refractivity contribution in [3.05, 3.63) is 35.9 Å². The number of carbonyl (C=O) groups excluding carboxylic acids is 2. The molecule has 0 heterocycles. The zero-order valence-electron chi connectivity index (χ0n) is 14.4. The van der Waals surface area contributed by atoms with Gasteiger partial charge in [-0.3, -0.25) is 9.59 Å². The van der Waals surface area contributed by atoms with Crippen molar-refractivity contribution in [3.63, 3.8) is 0 Å². The third kappa shape index (κ3) is 5.54. The molecule has 0 N–H and O–H groups in total. The Labute approximate surface area is 148 Å². The minimum Gasteiger partial charge on any atom is -0.469 e. The molecule has 0 saturated heterocycles. The molecule has 138 valence electrons. The Morgan fingerprint density at radius 1 is 1.08 bits per heavy atom. The van der Waals surface area contributed by atoms with E-state index >= 15 is 0 Å². The highest BCUT2D eigenvalue weighted by Crippen LogP contribution is 2.50. The maximum absolute atomic E-state index is 12.9. The third-order valence-corrected chi connectivity index (χ3v) is 6.34. The Balaban J connectivity index is 2.16. The van der Waals surface area contributed by atoms with Crippen molar-refractivity contribution < 1.29 is 27.5 Å². The molecule has 0 spiro atoms. The van der Waals surface area contributed by atoms with Crippen LogP contribution < -0.4 is 0 Å². The molecular formula is C17H23NO6S. The van der Waals surface area contributed by atoms with E-state index in [1.54, 1.807) is 24.3 Å². The lowest BCUT2D eigenvalue weighted by molar-refractivity contribution is -0.142. The van der Waals surface area contributed by atoms with Gasteiger partial charge in [-0.15, -0.1) is 0 Å². The van der Waals surface area contributed by atoms with Gasteiger partial charge in [-0.1, -0.05) is 30.3 Å². The van der Waals surface area contributed by atoms with Crippen molar-refractivity contribution in [2.24, 2.45) is 5.41 Å². The maximum atomic E-state index is 12.9. The summed E-state index contributed by atoms with van der Waals surface area (Å²) in [6, 6.07) is 9.02. The van der Waals surface area contributed by atoms with Crippen molar-refractivity contribution in [3.8, 4) is 0 Å². The maximum Gasteiger partial charge on any atom is 0.321 e. The number of hydrogen-bond donors (Lipinski definition) is 0. The average Bonchev–Trinajstić information content (AvgIpc) is 3.32. The van der Waals surface area contributed by atoms with Crippen LogP contribution in [0.2, 0.25) is 0 Å². The Morgan fingerprint density at radius 2 is 1.68 bits per heavy atom. The van der Waals surface area contributed by atoms with Crippen molar-refractivity contribution in [2.75, 3.05) is 26.5 Å². The molecule has 1 aromatic carbocycles. The van der Waals surface area contributed by atoms with E-state index in [4.69, 9.17) is 0 Å². The van der Waals surface area contributed by atoms with Gasteiger partial charge in [0.2, 0.25) is 10.0 Å². The fourth-order valence-corrected chi connectivity index (χ4v) is 4.65. The fraction of sp³-hybridized carbons (Fsp3) is 0.529. The standard InChI is InChI=1S/C17H23NO6S/c1-23-15(19)10-17(8-9-17)13-25(21,22)18(12-16(20)24-2)11-14-6-4-3-5-7-14/h3-7H,8-13H2,1-2H3. The summed E-state index contributed by atoms with van der Waals surface area (Å²) in [7, 11) is -1.25. The van der Waals surface area contributed by atoms with Crippen LogP contribution in [0.15, 0.2) is 30.3 Å². The Morgan fingerprint density at radius 3 is 2.20 bits per heavy atom. The number of carbonyl (C=O) groups is 2. The van der Waals surface area contributed by atoms with Crippen LogP contribution in [-0.4, -0.2) is 51.2 Å². The lowest BCUT2D eigenvalue weighted by Gasteiger charge is -2.24. The van der Waals surface area contributed by atoms with Gasteiger partial charge in [-0.05, 0) is 23.8 Å². The fourth-order valence-electron chi connectivity index (χ4n) is 2.65. The van der Waals surface area contributed by atoms with Gasteiger partial charge in [-0.25, -0.2) is 8.42 Å². The number of benzene rings is 1. The summed E-state index contributed by atoms with van der Waals surface area (Å²) in [5, 5.41) is 0. The number of nitrogens with zero attached hydrogens (tertiary/aromatic N) is 1. The molecular weight excluding hydrogens is 346 g/mol. The van der Waals surface area contributed by atoms with Gasteiger partial charge in [-0.2, -0.15) is 4.31 Å². The molecule has 0 aliphatic heterocycles. The molecule has 0 radical (unpaired) electrons. The molecule has 0 atom stereocenters. The van der Waals surface area contributed by atoms with Crippen LogP contribution in [0.3, 0.4) is 0 Å². The monoisotopic (exact) mass is 369 g/mol. The van der Waals surface area contributed by atoms with E-state index in [0.717, 1.165) is 9.87 Å². The summed E-state index contributed by atoms with van der Waals surface area (Å²) in [5.41, 5.74) is 0.185. The second kappa shape index (κ2) is 7.97. The van der Waals surface area contributed by atoms with Crippen LogP contribution >= 0.6 is 0 Å². The van der Waals surface area contributed by atoms with Gasteiger partial charge in [0, 0.05) is 6.54 Å². The van der Waals surface area contributed by atoms with Gasteiger partial charge in [0.1, 0.15) is 6.54 Å². The molecule has 1 aromatic rings. The van der Waals surface area contributed by atoms with Crippen LogP contribution in [0, 0.1) is 5.41 Å². The first-order valence-corrected chi connectivity index (χ1v) is 9.56. The summed E-state index contributed by atoms with van der Waals surface area (Å²) in [4.78, 5) is 23.2. The van der Waals surface area contributed by atoms with Crippen molar-refractivity contribution in [1.82, 2.24) is 4.31 Å². The molecule has 1 aliphatic rings. The Kier molecular flexibility index (Phi) is 6.18. The molecule has 0 unspecified atom stereocenters. The molecule has 1 saturated carbocycles. The lowest BCUT2D eigenvalue weighted by Crippen LogP contribution is -2.39. The first-order valence-electron chi connectivity index (χ1n) is 7.96. The third-order valence-electron chi connectivity index (χ3n) is 4.32. The number of esters is 2.